The highest BCUT2D eigenvalue weighted by Gasteiger charge is 2.15. The third-order valence-electron chi connectivity index (χ3n) is 2.32. The summed E-state index contributed by atoms with van der Waals surface area (Å²) in [5, 5.41) is 3.17. The molecule has 1 atom stereocenters. The average Bonchev–Trinajstić information content (AvgIpc) is 2.22. The van der Waals surface area contributed by atoms with E-state index < -0.39 is 0 Å². The molecular weight excluding hydrogens is 180 g/mol. The molecule has 0 spiro atoms. The molecule has 0 saturated heterocycles. The van der Waals surface area contributed by atoms with Gasteiger partial charge in [0.25, 0.3) is 0 Å². The van der Waals surface area contributed by atoms with Crippen LogP contribution in [-0.2, 0) is 9.53 Å². The molecule has 0 bridgehead atoms. The van der Waals surface area contributed by atoms with Gasteiger partial charge in [-0.3, -0.25) is 4.79 Å². The highest BCUT2D eigenvalue weighted by Crippen LogP contribution is 1.93. The lowest BCUT2D eigenvalue weighted by Crippen LogP contribution is -2.40. The van der Waals surface area contributed by atoms with Gasteiger partial charge in [-0.1, -0.05) is 13.8 Å². The number of carbonyl (C=O) groups excluding carboxylic acids is 1. The average molecular weight is 202 g/mol. The lowest BCUT2D eigenvalue weighted by Gasteiger charge is -2.18. The second-order valence-corrected chi connectivity index (χ2v) is 3.33. The van der Waals surface area contributed by atoms with Crippen molar-refractivity contribution in [2.45, 2.75) is 26.3 Å². The first-order chi connectivity index (χ1) is 6.65. The fourth-order valence-corrected chi connectivity index (χ4v) is 1.12. The highest BCUT2D eigenvalue weighted by atomic mass is 16.5. The molecule has 14 heavy (non-hydrogen) atoms. The molecule has 1 N–H and O–H groups in total. The van der Waals surface area contributed by atoms with E-state index in [1.807, 2.05) is 6.92 Å². The van der Waals surface area contributed by atoms with E-state index in [0.717, 1.165) is 26.1 Å². The summed E-state index contributed by atoms with van der Waals surface area (Å²) in [5.41, 5.74) is 0. The predicted octanol–water partition coefficient (Wildman–Crippen LogP) is 0.479. The minimum atomic E-state index is -0.174. The maximum Gasteiger partial charge on any atom is 0.322 e. The molecule has 0 radical (unpaired) electrons. The zero-order valence-electron chi connectivity index (χ0n) is 9.67. The van der Waals surface area contributed by atoms with Crippen LogP contribution in [0.15, 0.2) is 0 Å². The summed E-state index contributed by atoms with van der Waals surface area (Å²) in [5.74, 6) is -0.174. The van der Waals surface area contributed by atoms with Crippen LogP contribution in [0.1, 0.15) is 20.3 Å². The van der Waals surface area contributed by atoms with Crippen molar-refractivity contribution in [3.63, 3.8) is 0 Å². The van der Waals surface area contributed by atoms with Gasteiger partial charge in [0.2, 0.25) is 0 Å². The molecule has 0 aromatic rings. The number of ether oxygens (including phenoxy) is 1. The molecule has 0 amide bonds. The fourth-order valence-electron chi connectivity index (χ4n) is 1.12. The molecule has 0 aliphatic carbocycles. The van der Waals surface area contributed by atoms with E-state index in [2.05, 4.69) is 28.9 Å². The monoisotopic (exact) mass is 202 g/mol. The Morgan fingerprint density at radius 2 is 2.14 bits per heavy atom. The molecule has 0 aliphatic rings. The molecule has 0 rings (SSSR count). The third kappa shape index (κ3) is 5.19. The molecule has 0 saturated carbocycles. The Hall–Kier alpha value is -0.610. The molecule has 4 heteroatoms. The number of likely N-dealkylation sites (N-methyl/N-ethyl adjacent to an activating group) is 1. The van der Waals surface area contributed by atoms with Crippen molar-refractivity contribution in [3.8, 4) is 0 Å². The normalized spacial score (nSPS) is 12.9. The van der Waals surface area contributed by atoms with Gasteiger partial charge < -0.3 is 15.0 Å². The smallest absolute Gasteiger partial charge is 0.322 e. The van der Waals surface area contributed by atoms with Gasteiger partial charge in [0, 0.05) is 13.1 Å². The van der Waals surface area contributed by atoms with Gasteiger partial charge >= 0.3 is 5.97 Å². The van der Waals surface area contributed by atoms with E-state index in [1.54, 1.807) is 0 Å². The van der Waals surface area contributed by atoms with Crippen LogP contribution in [0.25, 0.3) is 0 Å². The SMILES string of the molecule is CCC(NCCN(C)CC)C(=O)OC. The Labute approximate surface area is 86.6 Å². The number of hydrogen-bond acceptors (Lipinski definition) is 4. The minimum Gasteiger partial charge on any atom is -0.468 e. The molecule has 4 nitrogen and oxygen atoms in total. The van der Waals surface area contributed by atoms with E-state index in [4.69, 9.17) is 0 Å². The van der Waals surface area contributed by atoms with Crippen LogP contribution in [0.2, 0.25) is 0 Å². The number of rotatable bonds is 7. The second-order valence-electron chi connectivity index (χ2n) is 3.33. The maximum absolute atomic E-state index is 11.2. The molecule has 0 aromatic heterocycles. The summed E-state index contributed by atoms with van der Waals surface area (Å²) in [4.78, 5) is 13.4. The predicted molar refractivity (Wildman–Crippen MR) is 57.3 cm³/mol. The third-order valence-corrected chi connectivity index (χ3v) is 2.32. The van der Waals surface area contributed by atoms with Crippen LogP contribution in [0.5, 0.6) is 0 Å². The van der Waals surface area contributed by atoms with Crippen LogP contribution >= 0.6 is 0 Å². The number of nitrogens with zero attached hydrogens (tertiary/aromatic N) is 1. The van der Waals surface area contributed by atoms with E-state index in [1.165, 1.54) is 7.11 Å². The van der Waals surface area contributed by atoms with E-state index in [0.29, 0.717) is 0 Å². The summed E-state index contributed by atoms with van der Waals surface area (Å²) < 4.78 is 4.67. The van der Waals surface area contributed by atoms with Crippen LogP contribution in [0.4, 0.5) is 0 Å². The first kappa shape index (κ1) is 13.4. The van der Waals surface area contributed by atoms with Gasteiger partial charge in [0.15, 0.2) is 0 Å². The van der Waals surface area contributed by atoms with Crippen molar-refractivity contribution in [3.05, 3.63) is 0 Å². The van der Waals surface area contributed by atoms with Gasteiger partial charge in [-0.15, -0.1) is 0 Å². The Morgan fingerprint density at radius 3 is 2.57 bits per heavy atom. The molecule has 0 aliphatic heterocycles. The van der Waals surface area contributed by atoms with Crippen molar-refractivity contribution in [1.29, 1.82) is 0 Å². The lowest BCUT2D eigenvalue weighted by molar-refractivity contribution is -0.143. The zero-order chi connectivity index (χ0) is 11.0. The van der Waals surface area contributed by atoms with Gasteiger partial charge in [-0.25, -0.2) is 0 Å². The zero-order valence-corrected chi connectivity index (χ0v) is 9.67. The topological polar surface area (TPSA) is 41.6 Å². The summed E-state index contributed by atoms with van der Waals surface area (Å²) in [6.07, 6.45) is 0.766. The molecule has 1 unspecified atom stereocenters. The van der Waals surface area contributed by atoms with Crippen LogP contribution in [0, 0.1) is 0 Å². The van der Waals surface area contributed by atoms with Gasteiger partial charge in [0.1, 0.15) is 6.04 Å². The number of esters is 1. The van der Waals surface area contributed by atoms with Crippen LogP contribution in [0.3, 0.4) is 0 Å². The van der Waals surface area contributed by atoms with Crippen molar-refractivity contribution in [2.24, 2.45) is 0 Å². The Morgan fingerprint density at radius 1 is 1.50 bits per heavy atom. The van der Waals surface area contributed by atoms with Crippen molar-refractivity contribution in [1.82, 2.24) is 10.2 Å². The van der Waals surface area contributed by atoms with Crippen LogP contribution < -0.4 is 5.32 Å². The van der Waals surface area contributed by atoms with E-state index >= 15 is 0 Å². The molecule has 0 heterocycles. The number of hydrogen-bond donors (Lipinski definition) is 1. The van der Waals surface area contributed by atoms with Gasteiger partial charge in [-0.05, 0) is 20.0 Å². The largest absolute Gasteiger partial charge is 0.468 e. The summed E-state index contributed by atoms with van der Waals surface area (Å²) >= 11 is 0. The second kappa shape index (κ2) is 7.76. The van der Waals surface area contributed by atoms with E-state index in [-0.39, 0.29) is 12.0 Å². The Kier molecular flexibility index (Phi) is 7.42. The van der Waals surface area contributed by atoms with Crippen LogP contribution in [-0.4, -0.2) is 50.7 Å². The van der Waals surface area contributed by atoms with Crippen molar-refractivity contribution in [2.75, 3.05) is 33.8 Å². The number of methoxy groups -OCH3 is 1. The molecule has 0 fully saturated rings. The molecule has 0 aromatic carbocycles. The summed E-state index contributed by atoms with van der Waals surface area (Å²) in [6.45, 7) is 6.87. The first-order valence-corrected chi connectivity index (χ1v) is 5.15. The Bertz CT molecular complexity index is 162. The highest BCUT2D eigenvalue weighted by molar-refractivity contribution is 5.75. The summed E-state index contributed by atoms with van der Waals surface area (Å²) in [6, 6.07) is -0.162. The van der Waals surface area contributed by atoms with Gasteiger partial charge in [-0.2, -0.15) is 0 Å². The Balaban J connectivity index is 3.68. The van der Waals surface area contributed by atoms with E-state index in [9.17, 15) is 4.79 Å². The fraction of sp³-hybridized carbons (Fsp3) is 0.900. The molecular formula is C10H22N2O2. The number of carbonyl (C=O) groups is 1. The van der Waals surface area contributed by atoms with Crippen molar-refractivity contribution < 1.29 is 9.53 Å². The first-order valence-electron chi connectivity index (χ1n) is 5.15. The number of nitrogens with one attached hydrogen (secondary N) is 1. The summed E-state index contributed by atoms with van der Waals surface area (Å²) in [7, 11) is 3.48. The standard InChI is InChI=1S/C10H22N2O2/c1-5-9(10(13)14-4)11-7-8-12(3)6-2/h9,11H,5-8H2,1-4H3. The quantitative estimate of drug-likeness (QED) is 0.610. The maximum atomic E-state index is 11.2. The van der Waals surface area contributed by atoms with Crippen molar-refractivity contribution >= 4 is 5.97 Å². The van der Waals surface area contributed by atoms with Gasteiger partial charge in [0.05, 0.1) is 7.11 Å². The lowest BCUT2D eigenvalue weighted by atomic mass is 10.2. The minimum absolute atomic E-state index is 0.162. The molecule has 84 valence electrons.